The van der Waals surface area contributed by atoms with Crippen molar-refractivity contribution < 1.29 is 0 Å². The quantitative estimate of drug-likeness (QED) is 0.150. The Balaban J connectivity index is 1.33. The molecule has 9 rings (SSSR count). The number of hydrogen-bond acceptors (Lipinski definition) is 0. The Kier molecular flexibility index (Phi) is 5.61. The maximum Gasteiger partial charge on any atom is -0.00141 e. The molecule has 0 heteroatoms. The van der Waals surface area contributed by atoms with Crippen molar-refractivity contribution in [2.75, 3.05) is 0 Å². The van der Waals surface area contributed by atoms with Gasteiger partial charge in [0.25, 0.3) is 0 Å². The van der Waals surface area contributed by atoms with Crippen molar-refractivity contribution in [1.29, 1.82) is 0 Å². The van der Waals surface area contributed by atoms with Crippen LogP contribution in [0.25, 0.3) is 87.2 Å². The highest BCUT2D eigenvalue weighted by atomic mass is 14.2. The second kappa shape index (κ2) is 9.93. The monoisotopic (exact) mass is 556 g/mol. The molecule has 0 aliphatic rings. The normalized spacial score (nSPS) is 11.6. The van der Waals surface area contributed by atoms with Crippen LogP contribution >= 0.6 is 0 Å². The largest absolute Gasteiger partial charge is 0.0616 e. The summed E-state index contributed by atoms with van der Waals surface area (Å²) in [5.74, 6) is 0. The standard InChI is InChI=1S/C44H28/c1-3-12-34-27-36(23-19-29(34)9-1)31-17-21-33(22-18-31)43-40-16-8-7-15-39(40)42(37-24-20-30-10-2-4-13-35(30)28-37)41-26-25-32-11-5-6-14-38(32)44(41)43/h1-28H. The summed E-state index contributed by atoms with van der Waals surface area (Å²) in [6.07, 6.45) is 0. The number of rotatable bonds is 3. The van der Waals surface area contributed by atoms with Crippen LogP contribution in [-0.2, 0) is 0 Å². The molecule has 204 valence electrons. The van der Waals surface area contributed by atoms with Gasteiger partial charge in [-0.1, -0.05) is 158 Å². The van der Waals surface area contributed by atoms with E-state index in [2.05, 4.69) is 170 Å². The molecule has 0 radical (unpaired) electrons. The molecule has 0 amide bonds. The van der Waals surface area contributed by atoms with Gasteiger partial charge < -0.3 is 0 Å². The molecule has 0 saturated carbocycles. The number of fused-ring (bicyclic) bond motifs is 6. The fourth-order valence-electron chi connectivity index (χ4n) is 7.10. The van der Waals surface area contributed by atoms with E-state index in [1.54, 1.807) is 0 Å². The first-order valence-corrected chi connectivity index (χ1v) is 15.3. The molecule has 0 atom stereocenters. The van der Waals surface area contributed by atoms with Crippen LogP contribution in [0.1, 0.15) is 0 Å². The topological polar surface area (TPSA) is 0 Å². The lowest BCUT2D eigenvalue weighted by molar-refractivity contribution is 1.63. The van der Waals surface area contributed by atoms with Crippen molar-refractivity contribution in [2.24, 2.45) is 0 Å². The van der Waals surface area contributed by atoms with Gasteiger partial charge in [0.05, 0.1) is 0 Å². The molecule has 0 N–H and O–H groups in total. The summed E-state index contributed by atoms with van der Waals surface area (Å²) in [5, 5.41) is 12.7. The highest BCUT2D eigenvalue weighted by Crippen LogP contribution is 2.46. The molecule has 0 aromatic heterocycles. The summed E-state index contributed by atoms with van der Waals surface area (Å²) in [6.45, 7) is 0. The lowest BCUT2D eigenvalue weighted by Crippen LogP contribution is -1.92. The van der Waals surface area contributed by atoms with Crippen molar-refractivity contribution in [3.63, 3.8) is 0 Å². The van der Waals surface area contributed by atoms with Gasteiger partial charge in [0, 0.05) is 0 Å². The van der Waals surface area contributed by atoms with Crippen LogP contribution in [0.5, 0.6) is 0 Å². The Morgan fingerprint density at radius 1 is 0.227 bits per heavy atom. The number of benzene rings is 9. The van der Waals surface area contributed by atoms with E-state index < -0.39 is 0 Å². The summed E-state index contributed by atoms with van der Waals surface area (Å²) in [4.78, 5) is 0. The molecule has 9 aromatic rings. The summed E-state index contributed by atoms with van der Waals surface area (Å²) < 4.78 is 0. The third-order valence-electron chi connectivity index (χ3n) is 9.21. The maximum absolute atomic E-state index is 2.35. The molecular weight excluding hydrogens is 528 g/mol. The maximum atomic E-state index is 2.35. The Morgan fingerprint density at radius 2 is 0.682 bits per heavy atom. The van der Waals surface area contributed by atoms with Gasteiger partial charge in [-0.15, -0.1) is 0 Å². The Bertz CT molecular complexity index is 2530. The van der Waals surface area contributed by atoms with Crippen molar-refractivity contribution in [3.8, 4) is 33.4 Å². The minimum absolute atomic E-state index is 1.23. The van der Waals surface area contributed by atoms with E-state index >= 15 is 0 Å². The van der Waals surface area contributed by atoms with Gasteiger partial charge in [0.15, 0.2) is 0 Å². The average molecular weight is 557 g/mol. The summed E-state index contributed by atoms with van der Waals surface area (Å²) in [7, 11) is 0. The van der Waals surface area contributed by atoms with Gasteiger partial charge in [0.1, 0.15) is 0 Å². The lowest BCUT2D eigenvalue weighted by atomic mass is 9.83. The van der Waals surface area contributed by atoms with E-state index in [1.807, 2.05) is 0 Å². The van der Waals surface area contributed by atoms with E-state index in [1.165, 1.54) is 87.2 Å². The Labute approximate surface area is 256 Å². The van der Waals surface area contributed by atoms with Crippen LogP contribution in [0.4, 0.5) is 0 Å². The van der Waals surface area contributed by atoms with Crippen LogP contribution in [0.15, 0.2) is 170 Å². The van der Waals surface area contributed by atoms with Crippen molar-refractivity contribution in [2.45, 2.75) is 0 Å². The van der Waals surface area contributed by atoms with Crippen molar-refractivity contribution in [1.82, 2.24) is 0 Å². The third kappa shape index (κ3) is 3.92. The van der Waals surface area contributed by atoms with Gasteiger partial charge in [0.2, 0.25) is 0 Å². The molecule has 0 nitrogen and oxygen atoms in total. The Hall–Kier alpha value is -5.72. The van der Waals surface area contributed by atoms with Crippen LogP contribution in [-0.4, -0.2) is 0 Å². The smallest absolute Gasteiger partial charge is 0.00141 e. The average Bonchev–Trinajstić information content (AvgIpc) is 3.10. The first-order chi connectivity index (χ1) is 21.8. The van der Waals surface area contributed by atoms with E-state index in [0.29, 0.717) is 0 Å². The zero-order chi connectivity index (χ0) is 29.0. The molecular formula is C44H28. The molecule has 0 spiro atoms. The van der Waals surface area contributed by atoms with Gasteiger partial charge in [-0.05, 0) is 99.4 Å². The second-order valence-electron chi connectivity index (χ2n) is 11.7. The molecule has 44 heavy (non-hydrogen) atoms. The first-order valence-electron chi connectivity index (χ1n) is 15.3. The fraction of sp³-hybridized carbons (Fsp3) is 0. The minimum Gasteiger partial charge on any atom is -0.0616 e. The molecule has 0 heterocycles. The second-order valence-corrected chi connectivity index (χ2v) is 11.7. The minimum atomic E-state index is 1.23. The summed E-state index contributed by atoms with van der Waals surface area (Å²) in [5.41, 5.74) is 7.54. The van der Waals surface area contributed by atoms with Crippen molar-refractivity contribution in [3.05, 3.63) is 170 Å². The van der Waals surface area contributed by atoms with E-state index in [9.17, 15) is 0 Å². The molecule has 0 aliphatic carbocycles. The highest BCUT2D eigenvalue weighted by Gasteiger charge is 2.19. The molecule has 9 aromatic carbocycles. The molecule has 0 saturated heterocycles. The van der Waals surface area contributed by atoms with Crippen LogP contribution in [0.3, 0.4) is 0 Å². The zero-order valence-corrected chi connectivity index (χ0v) is 24.2. The van der Waals surface area contributed by atoms with Crippen molar-refractivity contribution >= 4 is 53.9 Å². The lowest BCUT2D eigenvalue weighted by Gasteiger charge is -2.20. The molecule has 0 bridgehead atoms. The van der Waals surface area contributed by atoms with Crippen LogP contribution in [0.2, 0.25) is 0 Å². The van der Waals surface area contributed by atoms with Gasteiger partial charge >= 0.3 is 0 Å². The Morgan fingerprint density at radius 3 is 1.36 bits per heavy atom. The van der Waals surface area contributed by atoms with Gasteiger partial charge in [-0.2, -0.15) is 0 Å². The predicted octanol–water partition coefficient (Wildman–Crippen LogP) is 12.5. The van der Waals surface area contributed by atoms with Gasteiger partial charge in [-0.25, -0.2) is 0 Å². The summed E-state index contributed by atoms with van der Waals surface area (Å²) in [6, 6.07) is 62.4. The van der Waals surface area contributed by atoms with Crippen LogP contribution in [0, 0.1) is 0 Å². The molecule has 0 aliphatic heterocycles. The first kappa shape index (κ1) is 24.8. The van der Waals surface area contributed by atoms with E-state index in [0.717, 1.165) is 0 Å². The highest BCUT2D eigenvalue weighted by molar-refractivity contribution is 6.28. The van der Waals surface area contributed by atoms with Gasteiger partial charge in [-0.3, -0.25) is 0 Å². The third-order valence-corrected chi connectivity index (χ3v) is 9.21. The molecule has 0 unspecified atom stereocenters. The van der Waals surface area contributed by atoms with Crippen LogP contribution < -0.4 is 0 Å². The summed E-state index contributed by atoms with van der Waals surface area (Å²) >= 11 is 0. The number of hydrogen-bond donors (Lipinski definition) is 0. The zero-order valence-electron chi connectivity index (χ0n) is 24.2. The van der Waals surface area contributed by atoms with E-state index in [-0.39, 0.29) is 0 Å². The predicted molar refractivity (Wildman–Crippen MR) is 190 cm³/mol. The fourth-order valence-corrected chi connectivity index (χ4v) is 7.10. The SMILES string of the molecule is c1ccc2cc(-c3ccc(-c4c5ccccc5c(-c5ccc6ccccc6c5)c5ccc6ccccc6c45)cc3)ccc2c1. The molecule has 0 fully saturated rings. The van der Waals surface area contributed by atoms with E-state index in [4.69, 9.17) is 0 Å².